The number of ether oxygens (including phenoxy) is 2. The van der Waals surface area contributed by atoms with Crippen LogP contribution < -0.4 is 10.2 Å². The van der Waals surface area contributed by atoms with E-state index in [1.165, 1.54) is 0 Å². The van der Waals surface area contributed by atoms with E-state index >= 15 is 0 Å². The molecule has 0 aliphatic carbocycles. The molecule has 1 aromatic heterocycles. The highest BCUT2D eigenvalue weighted by Gasteiger charge is 2.12. The predicted octanol–water partition coefficient (Wildman–Crippen LogP) is 1.90. The van der Waals surface area contributed by atoms with E-state index in [-0.39, 0.29) is 0 Å². The van der Waals surface area contributed by atoms with Crippen LogP contribution in [0.4, 0.5) is 5.82 Å². The van der Waals surface area contributed by atoms with Crippen LogP contribution in [0.2, 0.25) is 0 Å². The minimum atomic E-state index is 0.756. The third kappa shape index (κ3) is 2.62. The summed E-state index contributed by atoms with van der Waals surface area (Å²) < 4.78 is 10.6. The summed E-state index contributed by atoms with van der Waals surface area (Å²) >= 11 is 0. The van der Waals surface area contributed by atoms with Gasteiger partial charge in [0.2, 0.25) is 0 Å². The molecular weight excluding hydrogens is 242 g/mol. The Morgan fingerprint density at radius 2 is 2.11 bits per heavy atom. The lowest BCUT2D eigenvalue weighted by molar-refractivity contribution is 0.0495. The van der Waals surface area contributed by atoms with Gasteiger partial charge >= 0.3 is 0 Å². The van der Waals surface area contributed by atoms with Gasteiger partial charge in [-0.15, -0.1) is 0 Å². The maximum Gasteiger partial charge on any atom is 0.148 e. The minimum absolute atomic E-state index is 0.756. The zero-order chi connectivity index (χ0) is 13.1. The Labute approximate surface area is 112 Å². The summed E-state index contributed by atoms with van der Waals surface area (Å²) in [6.45, 7) is 3.25. The number of pyridine rings is 1. The number of hydrazine groups is 1. The highest BCUT2D eigenvalue weighted by molar-refractivity contribution is 5.92. The van der Waals surface area contributed by atoms with Crippen LogP contribution in [0.25, 0.3) is 10.8 Å². The topological polar surface area (TPSA) is 46.6 Å². The van der Waals surface area contributed by atoms with Gasteiger partial charge in [0, 0.05) is 24.7 Å². The summed E-state index contributed by atoms with van der Waals surface area (Å²) in [4.78, 5) is 4.42. The number of benzene rings is 1. The van der Waals surface area contributed by atoms with Crippen molar-refractivity contribution in [2.45, 2.75) is 0 Å². The van der Waals surface area contributed by atoms with Gasteiger partial charge in [-0.1, -0.05) is 0 Å². The van der Waals surface area contributed by atoms with E-state index < -0.39 is 0 Å². The first-order valence-electron chi connectivity index (χ1n) is 6.39. The molecule has 1 aliphatic heterocycles. The monoisotopic (exact) mass is 259 g/mol. The highest BCUT2D eigenvalue weighted by atomic mass is 16.5. The van der Waals surface area contributed by atoms with Crippen molar-refractivity contribution in [3.63, 3.8) is 0 Å². The van der Waals surface area contributed by atoms with Crippen molar-refractivity contribution < 1.29 is 9.47 Å². The Morgan fingerprint density at radius 3 is 2.89 bits per heavy atom. The number of rotatable bonds is 3. The number of hydrogen-bond acceptors (Lipinski definition) is 5. The number of morpholine rings is 1. The van der Waals surface area contributed by atoms with Crippen LogP contribution >= 0.6 is 0 Å². The first kappa shape index (κ1) is 12.2. The van der Waals surface area contributed by atoms with Crippen LogP contribution in [0.1, 0.15) is 0 Å². The van der Waals surface area contributed by atoms with Gasteiger partial charge in [-0.05, 0) is 29.7 Å². The van der Waals surface area contributed by atoms with Gasteiger partial charge in [-0.25, -0.2) is 9.99 Å². The molecule has 5 heteroatoms. The van der Waals surface area contributed by atoms with Gasteiger partial charge in [0.1, 0.15) is 11.6 Å². The molecule has 1 aromatic carbocycles. The molecule has 5 nitrogen and oxygen atoms in total. The zero-order valence-electron chi connectivity index (χ0n) is 10.9. The molecule has 2 aromatic rings. The van der Waals surface area contributed by atoms with Gasteiger partial charge in [0.25, 0.3) is 0 Å². The molecule has 0 bridgehead atoms. The number of fused-ring (bicyclic) bond motifs is 1. The Kier molecular flexibility index (Phi) is 3.48. The number of nitrogens with zero attached hydrogens (tertiary/aromatic N) is 2. The third-order valence-electron chi connectivity index (χ3n) is 3.25. The second kappa shape index (κ2) is 5.42. The molecular formula is C14H17N3O2. The van der Waals surface area contributed by atoms with Crippen LogP contribution in [-0.4, -0.2) is 43.4 Å². The summed E-state index contributed by atoms with van der Waals surface area (Å²) in [5.41, 5.74) is 3.36. The van der Waals surface area contributed by atoms with Crippen LogP contribution in [0, 0.1) is 0 Å². The summed E-state index contributed by atoms with van der Waals surface area (Å²) in [5.74, 6) is 1.73. The maximum absolute atomic E-state index is 5.34. The van der Waals surface area contributed by atoms with Crippen LogP contribution in [-0.2, 0) is 4.74 Å². The number of hydrogen-bond donors (Lipinski definition) is 1. The number of anilines is 1. The average molecular weight is 259 g/mol. The van der Waals surface area contributed by atoms with Gasteiger partial charge in [-0.2, -0.15) is 0 Å². The summed E-state index contributed by atoms with van der Waals surface area (Å²) in [6, 6.07) is 7.99. The first-order chi connectivity index (χ1) is 9.36. The molecule has 1 fully saturated rings. The third-order valence-corrected chi connectivity index (χ3v) is 3.25. The molecule has 0 unspecified atom stereocenters. The lowest BCUT2D eigenvalue weighted by atomic mass is 10.1. The lowest BCUT2D eigenvalue weighted by Gasteiger charge is -2.27. The van der Waals surface area contributed by atoms with E-state index in [1.54, 1.807) is 7.11 Å². The van der Waals surface area contributed by atoms with E-state index in [4.69, 9.17) is 9.47 Å². The molecule has 100 valence electrons. The maximum atomic E-state index is 5.34. The largest absolute Gasteiger partial charge is 0.497 e. The van der Waals surface area contributed by atoms with Crippen LogP contribution in [0.15, 0.2) is 30.5 Å². The molecule has 0 radical (unpaired) electrons. The molecule has 1 saturated heterocycles. The van der Waals surface area contributed by atoms with E-state index in [1.807, 2.05) is 30.5 Å². The molecule has 1 aliphatic rings. The molecule has 3 rings (SSSR count). The van der Waals surface area contributed by atoms with Gasteiger partial charge < -0.3 is 14.9 Å². The fourth-order valence-corrected chi connectivity index (χ4v) is 2.20. The second-order valence-electron chi connectivity index (χ2n) is 4.46. The van der Waals surface area contributed by atoms with E-state index in [9.17, 15) is 0 Å². The molecule has 0 amide bonds. The van der Waals surface area contributed by atoms with Gasteiger partial charge in [0.15, 0.2) is 0 Å². The molecule has 19 heavy (non-hydrogen) atoms. The zero-order valence-corrected chi connectivity index (χ0v) is 10.9. The van der Waals surface area contributed by atoms with E-state index in [0.29, 0.717) is 0 Å². The number of methoxy groups -OCH3 is 1. The fourth-order valence-electron chi connectivity index (χ4n) is 2.20. The van der Waals surface area contributed by atoms with Crippen molar-refractivity contribution >= 4 is 16.6 Å². The Bertz CT molecular complexity index is 568. The van der Waals surface area contributed by atoms with Crippen LogP contribution in [0.5, 0.6) is 5.75 Å². The molecule has 0 spiro atoms. The van der Waals surface area contributed by atoms with E-state index in [2.05, 4.69) is 15.4 Å². The smallest absolute Gasteiger partial charge is 0.148 e. The quantitative estimate of drug-likeness (QED) is 0.912. The second-order valence-corrected chi connectivity index (χ2v) is 4.46. The van der Waals surface area contributed by atoms with E-state index in [0.717, 1.165) is 48.6 Å². The normalized spacial score (nSPS) is 16.5. The Balaban J connectivity index is 1.90. The Hall–Kier alpha value is -1.85. The van der Waals surface area contributed by atoms with Crippen LogP contribution in [0.3, 0.4) is 0 Å². The van der Waals surface area contributed by atoms with Crippen molar-refractivity contribution in [2.24, 2.45) is 0 Å². The van der Waals surface area contributed by atoms with Crippen molar-refractivity contribution in [1.29, 1.82) is 0 Å². The lowest BCUT2D eigenvalue weighted by Crippen LogP contribution is -2.40. The van der Waals surface area contributed by atoms with Gasteiger partial charge in [-0.3, -0.25) is 0 Å². The average Bonchev–Trinajstić information content (AvgIpc) is 2.48. The number of nitrogens with one attached hydrogen (secondary N) is 1. The first-order valence-corrected chi connectivity index (χ1v) is 6.39. The van der Waals surface area contributed by atoms with Crippen molar-refractivity contribution in [1.82, 2.24) is 9.99 Å². The van der Waals surface area contributed by atoms with Crippen molar-refractivity contribution in [3.05, 3.63) is 30.5 Å². The minimum Gasteiger partial charge on any atom is -0.497 e. The van der Waals surface area contributed by atoms with Gasteiger partial charge in [0.05, 0.1) is 20.3 Å². The van der Waals surface area contributed by atoms with Crippen molar-refractivity contribution in [2.75, 3.05) is 38.8 Å². The Morgan fingerprint density at radius 1 is 1.26 bits per heavy atom. The SMILES string of the molecule is COc1ccc2c(NN3CCOCC3)nccc2c1. The molecule has 1 N–H and O–H groups in total. The predicted molar refractivity (Wildman–Crippen MR) is 74.3 cm³/mol. The number of aromatic nitrogens is 1. The van der Waals surface area contributed by atoms with Crippen molar-refractivity contribution in [3.8, 4) is 5.75 Å². The summed E-state index contributed by atoms with van der Waals surface area (Å²) in [5, 5.41) is 4.34. The molecule has 0 atom stereocenters. The standard InChI is InChI=1S/C14H17N3O2/c1-18-12-2-3-13-11(10-12)4-5-15-14(13)16-17-6-8-19-9-7-17/h2-5,10H,6-9H2,1H3,(H,15,16). The molecule has 2 heterocycles. The fraction of sp³-hybridized carbons (Fsp3) is 0.357. The molecule has 0 saturated carbocycles. The summed E-state index contributed by atoms with van der Waals surface area (Å²) in [6.07, 6.45) is 1.81. The summed E-state index contributed by atoms with van der Waals surface area (Å²) in [7, 11) is 1.68. The highest BCUT2D eigenvalue weighted by Crippen LogP contribution is 2.25.